The van der Waals surface area contributed by atoms with Crippen molar-refractivity contribution in [3.05, 3.63) is 107 Å². The zero-order chi connectivity index (χ0) is 60.5. The highest BCUT2D eigenvalue weighted by Gasteiger charge is 2.31. The van der Waals surface area contributed by atoms with E-state index in [0.717, 1.165) is 0 Å². The summed E-state index contributed by atoms with van der Waals surface area (Å²) in [4.78, 5) is 168. The molecule has 0 saturated heterocycles. The summed E-state index contributed by atoms with van der Waals surface area (Å²) in [6.45, 7) is 16.3. The highest BCUT2D eigenvalue weighted by atomic mass is 16.2. The number of carbonyl (C=O) groups excluding carboxylic acids is 12. The van der Waals surface area contributed by atoms with Crippen molar-refractivity contribution in [2.24, 2.45) is 23.7 Å². The van der Waals surface area contributed by atoms with Crippen LogP contribution in [-0.4, -0.2) is 106 Å². The Hall–Kier alpha value is -10.4. The zero-order valence-corrected chi connectivity index (χ0v) is 46.3. The number of rotatable bonds is 4. The lowest BCUT2D eigenvalue weighted by Crippen LogP contribution is -2.55. The van der Waals surface area contributed by atoms with E-state index in [9.17, 15) is 57.5 Å². The van der Waals surface area contributed by atoms with Crippen LogP contribution in [0.2, 0.25) is 0 Å². The molecule has 5 rings (SSSR count). The van der Waals surface area contributed by atoms with E-state index in [1.807, 2.05) is 0 Å². The van der Waals surface area contributed by atoms with Crippen molar-refractivity contribution in [3.63, 3.8) is 0 Å². The van der Waals surface area contributed by atoms with Crippen molar-refractivity contribution < 1.29 is 57.5 Å². The second-order valence-corrected chi connectivity index (χ2v) is 20.0. The maximum Gasteiger partial charge on any atom is 0.337 e. The van der Waals surface area contributed by atoms with Gasteiger partial charge in [0.15, 0.2) is 0 Å². The van der Waals surface area contributed by atoms with E-state index in [0.29, 0.717) is 11.1 Å². The fourth-order valence-electron chi connectivity index (χ4n) is 7.66. The van der Waals surface area contributed by atoms with Gasteiger partial charge in [-0.2, -0.15) is 0 Å². The van der Waals surface area contributed by atoms with Crippen molar-refractivity contribution in [1.29, 1.82) is 0 Å². The van der Waals surface area contributed by atoms with E-state index in [4.69, 9.17) is 0 Å². The van der Waals surface area contributed by atoms with Crippen LogP contribution in [0.5, 0.6) is 0 Å². The van der Waals surface area contributed by atoms with Gasteiger partial charge >= 0.3 is 24.1 Å². The second kappa shape index (κ2) is 28.5. The number of nitrogens with one attached hydrogen (secondary N) is 16. The maximum absolute atomic E-state index is 13.5. The van der Waals surface area contributed by atoms with Crippen LogP contribution in [0.15, 0.2) is 72.8 Å². The molecule has 436 valence electrons. The number of carbonyl (C=O) groups is 12. The molecule has 0 aliphatic carbocycles. The van der Waals surface area contributed by atoms with Crippen molar-refractivity contribution >= 4 is 94.1 Å². The van der Waals surface area contributed by atoms with Gasteiger partial charge in [0.2, 0.25) is 0 Å². The van der Waals surface area contributed by atoms with Gasteiger partial charge in [0, 0.05) is 22.7 Å². The topological polar surface area (TPSA) is 423 Å². The number of nitrogens with zero attached hydrogens (tertiary/aromatic N) is 2. The van der Waals surface area contributed by atoms with Crippen LogP contribution in [0.1, 0.15) is 108 Å². The Kier molecular flexibility index (Phi) is 21.7. The van der Waals surface area contributed by atoms with E-state index >= 15 is 0 Å². The van der Waals surface area contributed by atoms with Gasteiger partial charge < -0.3 is 42.5 Å². The zero-order valence-electron chi connectivity index (χ0n) is 46.3. The first-order valence-electron chi connectivity index (χ1n) is 25.6. The SMILES string of the molecule is Cc1cc2cc(c1)NC(=O)NNC(=O)C(C(C)C)NC(=O)c1cccc(n1)C(=O)NC(C(C)C)C(=O)NNC(=O)Nc1cc(C)cc(c1)NC(=O)NNC(=O)C(C(C)C)NC(=O)c1cccc(n1)C(=O)NC(C(C)C)C(=O)NNC(=O)N2. The molecule has 0 fully saturated rings. The lowest BCUT2D eigenvalue weighted by atomic mass is 10.0. The number of aryl methyl sites for hydroxylation is 2. The highest BCUT2D eigenvalue weighted by molar-refractivity contribution is 6.03. The number of pyridine rings is 2. The van der Waals surface area contributed by atoms with Crippen LogP contribution in [0.3, 0.4) is 0 Å². The molecular formula is C52H66N18O12. The van der Waals surface area contributed by atoms with Crippen molar-refractivity contribution in [2.45, 2.75) is 93.4 Å². The van der Waals surface area contributed by atoms with Gasteiger partial charge in [-0.15, -0.1) is 0 Å². The second-order valence-electron chi connectivity index (χ2n) is 20.0. The van der Waals surface area contributed by atoms with Gasteiger partial charge in [-0.1, -0.05) is 67.5 Å². The Bertz CT molecular complexity index is 2740. The fraction of sp³-hybridized carbons (Fsp3) is 0.346. The molecule has 8 bridgehead atoms. The third-order valence-electron chi connectivity index (χ3n) is 11.8. The average molecular weight is 1140 g/mol. The summed E-state index contributed by atoms with van der Waals surface area (Å²) < 4.78 is 0. The van der Waals surface area contributed by atoms with Crippen molar-refractivity contribution in [3.8, 4) is 0 Å². The van der Waals surface area contributed by atoms with Crippen LogP contribution < -0.4 is 85.9 Å². The first-order valence-corrected chi connectivity index (χ1v) is 25.6. The van der Waals surface area contributed by atoms with E-state index in [1.165, 1.54) is 72.8 Å². The minimum Gasteiger partial charge on any atom is -0.339 e. The summed E-state index contributed by atoms with van der Waals surface area (Å²) in [6.07, 6.45) is 0. The molecule has 30 nitrogen and oxygen atoms in total. The van der Waals surface area contributed by atoms with Gasteiger partial charge in [-0.3, -0.25) is 60.1 Å². The summed E-state index contributed by atoms with van der Waals surface area (Å²) in [5, 5.41) is 20.2. The number of amides is 16. The Morgan fingerprint density at radius 1 is 0.317 bits per heavy atom. The minimum atomic E-state index is -1.25. The molecule has 16 N–H and O–H groups in total. The lowest BCUT2D eigenvalue weighted by Gasteiger charge is -2.23. The summed E-state index contributed by atoms with van der Waals surface area (Å²) in [6, 6.07) is 7.99. The number of benzene rings is 2. The normalized spacial score (nSPS) is 19.2. The predicted molar refractivity (Wildman–Crippen MR) is 296 cm³/mol. The Morgan fingerprint density at radius 3 is 0.720 bits per heavy atom. The van der Waals surface area contributed by atoms with Crippen LogP contribution >= 0.6 is 0 Å². The molecule has 3 heterocycles. The first kappa shape index (κ1) is 62.4. The van der Waals surface area contributed by atoms with Crippen LogP contribution in [-0.2, 0) is 19.2 Å². The molecule has 2 aromatic carbocycles. The number of hydrazine groups is 4. The summed E-state index contributed by atoms with van der Waals surface area (Å²) >= 11 is 0. The number of fused-ring (bicyclic) bond motifs is 8. The first-order chi connectivity index (χ1) is 38.7. The van der Waals surface area contributed by atoms with Crippen molar-refractivity contribution in [2.75, 3.05) is 21.3 Å². The van der Waals surface area contributed by atoms with E-state index in [2.05, 4.69) is 95.9 Å². The highest BCUT2D eigenvalue weighted by Crippen LogP contribution is 2.20. The molecule has 4 atom stereocenters. The molecule has 1 aliphatic rings. The standard InChI is InChI=1S/C52H66N18O12/c1-23(2)37-45(75)63-67-49(79)53-29-17-27(9)18-30(21-29)54-50(80)68-65-47(77)39(25(5)6)61-43(73)35-15-12-16-36(58-35)44(74)62-40(26(7)8)48(78)66-70-52(82)56-32-20-28(10)19-31(22-32)55-51(81)69-64-46(76)38(24(3)4)60-42(72)34-14-11-13-33(57-34)41(71)59-37/h11-26,37-40H,1-10H3,(H,59,71)(H,60,72)(H,61,73)(H,62,74)(H,63,75)(H,64,76)(H,65,77)(H,66,78)(H2,53,67,79)(H2,54,68,80)(H2,55,69,81)(H2,56,70,82). The molecule has 82 heavy (non-hydrogen) atoms. The number of anilines is 4. The number of urea groups is 4. The summed E-state index contributed by atoms with van der Waals surface area (Å²) in [5.41, 5.74) is 18.3. The fourth-order valence-corrected chi connectivity index (χ4v) is 7.66. The third kappa shape index (κ3) is 18.3. The molecule has 1 aliphatic heterocycles. The van der Waals surface area contributed by atoms with Gasteiger partial charge in [-0.25, -0.2) is 50.8 Å². The van der Waals surface area contributed by atoms with E-state index < -0.39 is 119 Å². The predicted octanol–water partition coefficient (Wildman–Crippen LogP) is 1.84. The van der Waals surface area contributed by atoms with Crippen LogP contribution in [0, 0.1) is 37.5 Å². The molecule has 0 saturated carbocycles. The molecule has 0 spiro atoms. The van der Waals surface area contributed by atoms with Gasteiger partial charge in [0.25, 0.3) is 47.3 Å². The van der Waals surface area contributed by atoms with Gasteiger partial charge in [-0.05, 0) is 109 Å². The monoisotopic (exact) mass is 1130 g/mol. The smallest absolute Gasteiger partial charge is 0.337 e. The lowest BCUT2D eigenvalue weighted by molar-refractivity contribution is -0.125. The van der Waals surface area contributed by atoms with Crippen LogP contribution in [0.4, 0.5) is 41.9 Å². The van der Waals surface area contributed by atoms with Crippen LogP contribution in [0.25, 0.3) is 0 Å². The number of hydrogen-bond donors (Lipinski definition) is 16. The average Bonchev–Trinajstić information content (AvgIpc) is 3.52. The largest absolute Gasteiger partial charge is 0.339 e. The maximum atomic E-state index is 13.5. The summed E-state index contributed by atoms with van der Waals surface area (Å²) in [7, 11) is 0. The number of hydrogen-bond acceptors (Lipinski definition) is 14. The van der Waals surface area contributed by atoms with E-state index in [1.54, 1.807) is 69.2 Å². The Morgan fingerprint density at radius 2 is 0.524 bits per heavy atom. The Labute approximate surface area is 470 Å². The van der Waals surface area contributed by atoms with Crippen molar-refractivity contribution in [1.82, 2.24) is 74.6 Å². The summed E-state index contributed by atoms with van der Waals surface area (Å²) in [5.74, 6) is -9.03. The number of aromatic nitrogens is 2. The van der Waals surface area contributed by atoms with Gasteiger partial charge in [0.1, 0.15) is 46.9 Å². The molecule has 4 aromatic rings. The molecule has 30 heteroatoms. The molecule has 4 unspecified atom stereocenters. The molecule has 16 amide bonds. The molecule has 0 radical (unpaired) electrons. The van der Waals surface area contributed by atoms with E-state index in [-0.39, 0.29) is 45.5 Å². The molecular weight excluding hydrogens is 1070 g/mol. The van der Waals surface area contributed by atoms with Gasteiger partial charge in [0.05, 0.1) is 0 Å². The quantitative estimate of drug-likeness (QED) is 0.139. The Balaban J connectivity index is 1.36. The minimum absolute atomic E-state index is 0.151. The third-order valence-corrected chi connectivity index (χ3v) is 11.8. The molecule has 2 aromatic heterocycles.